The number of hydrogen-bond acceptors (Lipinski definition) is 2. The summed E-state index contributed by atoms with van der Waals surface area (Å²) < 4.78 is 0. The maximum atomic E-state index is 11.1. The second kappa shape index (κ2) is 3.13. The minimum atomic E-state index is -0.862. The van der Waals surface area contributed by atoms with Crippen LogP contribution in [0.2, 0.25) is 0 Å². The molecule has 0 aromatic carbocycles. The van der Waals surface area contributed by atoms with Crippen molar-refractivity contribution in [3.63, 3.8) is 0 Å². The Hall–Kier alpha value is -1.06. The lowest BCUT2D eigenvalue weighted by Crippen LogP contribution is -2.33. The van der Waals surface area contributed by atoms with E-state index >= 15 is 0 Å². The maximum absolute atomic E-state index is 11.1. The smallest absolute Gasteiger partial charge is 0.309 e. The highest BCUT2D eigenvalue weighted by Crippen LogP contribution is 2.26. The highest BCUT2D eigenvalue weighted by Gasteiger charge is 2.40. The van der Waals surface area contributed by atoms with Gasteiger partial charge in [0, 0.05) is 19.5 Å². The van der Waals surface area contributed by atoms with Crippen LogP contribution in [-0.4, -0.2) is 35.0 Å². The standard InChI is InChI=1S/C8H13NO3/c1-3-6-5(8(11)12)4-7(10)9(6)2/h5-6H,3-4H2,1-2H3,(H,11,12)/t5-,6-/m0/s1. The molecule has 1 amide bonds. The first kappa shape index (κ1) is 9.03. The van der Waals surface area contributed by atoms with Gasteiger partial charge in [-0.2, -0.15) is 0 Å². The largest absolute Gasteiger partial charge is 0.481 e. The van der Waals surface area contributed by atoms with Gasteiger partial charge in [-0.25, -0.2) is 0 Å². The third-order valence-electron chi connectivity index (χ3n) is 2.49. The maximum Gasteiger partial charge on any atom is 0.309 e. The number of hydrogen-bond donors (Lipinski definition) is 1. The van der Waals surface area contributed by atoms with E-state index in [0.717, 1.165) is 0 Å². The predicted molar refractivity (Wildman–Crippen MR) is 42.6 cm³/mol. The molecule has 1 saturated heterocycles. The van der Waals surface area contributed by atoms with Crippen molar-refractivity contribution in [2.45, 2.75) is 25.8 Å². The molecule has 1 heterocycles. The van der Waals surface area contributed by atoms with Gasteiger partial charge >= 0.3 is 5.97 Å². The number of carbonyl (C=O) groups is 2. The molecule has 1 N–H and O–H groups in total. The van der Waals surface area contributed by atoms with Gasteiger partial charge in [0.1, 0.15) is 0 Å². The van der Waals surface area contributed by atoms with Gasteiger partial charge in [-0.3, -0.25) is 9.59 Å². The van der Waals surface area contributed by atoms with Gasteiger partial charge in [0.25, 0.3) is 0 Å². The van der Waals surface area contributed by atoms with Crippen molar-refractivity contribution in [1.29, 1.82) is 0 Å². The fourth-order valence-corrected chi connectivity index (χ4v) is 1.73. The first-order chi connectivity index (χ1) is 5.57. The lowest BCUT2D eigenvalue weighted by molar-refractivity contribution is -0.142. The molecule has 1 rings (SSSR count). The molecule has 0 spiro atoms. The molecule has 2 atom stereocenters. The summed E-state index contributed by atoms with van der Waals surface area (Å²) in [6.45, 7) is 1.90. The summed E-state index contributed by atoms with van der Waals surface area (Å²) >= 11 is 0. The Balaban J connectivity index is 2.78. The normalized spacial score (nSPS) is 29.5. The second-order valence-corrected chi connectivity index (χ2v) is 3.13. The SMILES string of the molecule is CC[C@H]1[C@@H](C(=O)O)CC(=O)N1C. The molecule has 0 bridgehead atoms. The Morgan fingerprint density at radius 3 is 2.67 bits per heavy atom. The topological polar surface area (TPSA) is 57.6 Å². The van der Waals surface area contributed by atoms with E-state index in [9.17, 15) is 9.59 Å². The molecule has 4 heteroatoms. The van der Waals surface area contributed by atoms with E-state index in [1.165, 1.54) is 0 Å². The van der Waals surface area contributed by atoms with Crippen LogP contribution in [0.4, 0.5) is 0 Å². The highest BCUT2D eigenvalue weighted by atomic mass is 16.4. The zero-order chi connectivity index (χ0) is 9.30. The first-order valence-electron chi connectivity index (χ1n) is 4.06. The number of likely N-dealkylation sites (tertiary alicyclic amines) is 1. The third-order valence-corrected chi connectivity index (χ3v) is 2.49. The number of carboxylic acids is 1. The van der Waals surface area contributed by atoms with Gasteiger partial charge in [0.15, 0.2) is 0 Å². The summed E-state index contributed by atoms with van der Waals surface area (Å²) in [5.74, 6) is -1.43. The van der Waals surface area contributed by atoms with E-state index in [2.05, 4.69) is 0 Å². The number of aliphatic carboxylic acids is 1. The fourth-order valence-electron chi connectivity index (χ4n) is 1.73. The summed E-state index contributed by atoms with van der Waals surface area (Å²) in [5, 5.41) is 8.77. The molecule has 12 heavy (non-hydrogen) atoms. The quantitative estimate of drug-likeness (QED) is 0.651. The second-order valence-electron chi connectivity index (χ2n) is 3.13. The van der Waals surface area contributed by atoms with Crippen LogP contribution < -0.4 is 0 Å². The molecular weight excluding hydrogens is 158 g/mol. The van der Waals surface area contributed by atoms with Crippen LogP contribution in [0.1, 0.15) is 19.8 Å². The van der Waals surface area contributed by atoms with Gasteiger partial charge in [0.05, 0.1) is 5.92 Å². The molecule has 0 aromatic rings. The summed E-state index contributed by atoms with van der Waals surface area (Å²) in [6, 6.07) is -0.116. The van der Waals surface area contributed by atoms with Gasteiger partial charge in [-0.05, 0) is 6.42 Å². The molecule has 1 fully saturated rings. The van der Waals surface area contributed by atoms with Crippen LogP contribution in [0.25, 0.3) is 0 Å². The van der Waals surface area contributed by atoms with Crippen LogP contribution in [-0.2, 0) is 9.59 Å². The van der Waals surface area contributed by atoms with Gasteiger partial charge < -0.3 is 10.0 Å². The molecule has 1 aliphatic rings. The molecule has 0 aromatic heterocycles. The molecular formula is C8H13NO3. The van der Waals surface area contributed by atoms with Gasteiger partial charge in [-0.1, -0.05) is 6.92 Å². The number of amides is 1. The van der Waals surface area contributed by atoms with Crippen LogP contribution >= 0.6 is 0 Å². The van der Waals surface area contributed by atoms with E-state index in [1.807, 2.05) is 6.92 Å². The summed E-state index contributed by atoms with van der Waals surface area (Å²) in [6.07, 6.45) is 0.865. The number of rotatable bonds is 2. The van der Waals surface area contributed by atoms with E-state index in [1.54, 1.807) is 11.9 Å². The van der Waals surface area contributed by atoms with Crippen LogP contribution in [0.3, 0.4) is 0 Å². The average molecular weight is 171 g/mol. The van der Waals surface area contributed by atoms with Crippen LogP contribution in [0, 0.1) is 5.92 Å². The summed E-state index contributed by atoms with van der Waals surface area (Å²) in [5.41, 5.74) is 0. The number of carbonyl (C=O) groups excluding carboxylic acids is 1. The Morgan fingerprint density at radius 1 is 1.75 bits per heavy atom. The molecule has 4 nitrogen and oxygen atoms in total. The zero-order valence-corrected chi connectivity index (χ0v) is 7.28. The van der Waals surface area contributed by atoms with Crippen molar-refractivity contribution in [2.24, 2.45) is 5.92 Å². The minimum absolute atomic E-state index is 0.0609. The van der Waals surface area contributed by atoms with Crippen LogP contribution in [0.15, 0.2) is 0 Å². The van der Waals surface area contributed by atoms with E-state index in [0.29, 0.717) is 6.42 Å². The van der Waals surface area contributed by atoms with Crippen molar-refractivity contribution < 1.29 is 14.7 Å². The van der Waals surface area contributed by atoms with E-state index in [-0.39, 0.29) is 18.4 Å². The first-order valence-corrected chi connectivity index (χ1v) is 4.06. The average Bonchev–Trinajstić information content (AvgIpc) is 2.29. The zero-order valence-electron chi connectivity index (χ0n) is 7.28. The highest BCUT2D eigenvalue weighted by molar-refractivity contribution is 5.86. The summed E-state index contributed by atoms with van der Waals surface area (Å²) in [7, 11) is 1.67. The Bertz CT molecular complexity index is 214. The van der Waals surface area contributed by atoms with Crippen molar-refractivity contribution in [2.75, 3.05) is 7.05 Å². The lowest BCUT2D eigenvalue weighted by atomic mass is 9.99. The lowest BCUT2D eigenvalue weighted by Gasteiger charge is -2.20. The molecule has 1 aliphatic heterocycles. The molecule has 68 valence electrons. The van der Waals surface area contributed by atoms with Crippen molar-refractivity contribution in [3.8, 4) is 0 Å². The Kier molecular flexibility index (Phi) is 2.35. The molecule has 0 unspecified atom stereocenters. The predicted octanol–water partition coefficient (Wildman–Crippen LogP) is 0.328. The van der Waals surface area contributed by atoms with Crippen molar-refractivity contribution in [1.82, 2.24) is 4.90 Å². The van der Waals surface area contributed by atoms with Gasteiger partial charge in [-0.15, -0.1) is 0 Å². The van der Waals surface area contributed by atoms with Crippen LogP contribution in [0.5, 0.6) is 0 Å². The van der Waals surface area contributed by atoms with E-state index in [4.69, 9.17) is 5.11 Å². The van der Waals surface area contributed by atoms with Crippen molar-refractivity contribution >= 4 is 11.9 Å². The number of nitrogens with zero attached hydrogens (tertiary/aromatic N) is 1. The van der Waals surface area contributed by atoms with E-state index < -0.39 is 11.9 Å². The molecule has 0 aliphatic carbocycles. The Morgan fingerprint density at radius 2 is 2.33 bits per heavy atom. The fraction of sp³-hybridized carbons (Fsp3) is 0.750. The summed E-state index contributed by atoms with van der Waals surface area (Å²) in [4.78, 5) is 23.3. The van der Waals surface area contributed by atoms with Crippen molar-refractivity contribution in [3.05, 3.63) is 0 Å². The molecule has 0 saturated carbocycles. The molecule has 0 radical (unpaired) electrons. The monoisotopic (exact) mass is 171 g/mol. The minimum Gasteiger partial charge on any atom is -0.481 e. The Labute approximate surface area is 71.2 Å². The van der Waals surface area contributed by atoms with Gasteiger partial charge in [0.2, 0.25) is 5.91 Å². The number of carboxylic acid groups (broad SMARTS) is 1. The third kappa shape index (κ3) is 1.29.